The average Bonchev–Trinajstić information content (AvgIpc) is 2.94. The van der Waals surface area contributed by atoms with E-state index in [1.165, 1.54) is 12.2 Å². The largest absolute Gasteiger partial charge is 0.481 e. The number of carboxylic acids is 1. The Morgan fingerprint density at radius 1 is 0.889 bits per heavy atom. The van der Waals surface area contributed by atoms with Gasteiger partial charge in [0.25, 0.3) is 11.8 Å². The van der Waals surface area contributed by atoms with Gasteiger partial charge in [0.2, 0.25) is 5.91 Å². The SMILES string of the molecule is O=C(O)CCOCCOCCOCCNC(=O)CCCN1C(=O)C=CC1=O. The Hall–Kier alpha value is -2.30. The van der Waals surface area contributed by atoms with Crippen molar-refractivity contribution in [2.24, 2.45) is 0 Å². The number of carboxylic acid groups (broad SMARTS) is 1. The molecular weight excluding hydrogens is 360 g/mol. The standard InChI is InChI=1S/C17H26N2O8/c20-14(2-1-7-19-15(21)3-4-16(19)22)18-6-9-26-11-13-27-12-10-25-8-5-17(23)24/h3-4H,1-2,5-13H2,(H,18,20)(H,23,24). The summed E-state index contributed by atoms with van der Waals surface area (Å²) in [7, 11) is 0. The zero-order valence-corrected chi connectivity index (χ0v) is 15.2. The first-order valence-electron chi connectivity index (χ1n) is 8.76. The minimum absolute atomic E-state index is 0.0272. The Morgan fingerprint density at radius 3 is 2.04 bits per heavy atom. The first-order chi connectivity index (χ1) is 13.0. The highest BCUT2D eigenvalue weighted by molar-refractivity contribution is 6.12. The molecule has 2 N–H and O–H groups in total. The highest BCUT2D eigenvalue weighted by Gasteiger charge is 2.22. The lowest BCUT2D eigenvalue weighted by Gasteiger charge is -2.13. The van der Waals surface area contributed by atoms with Gasteiger partial charge >= 0.3 is 5.97 Å². The maximum atomic E-state index is 11.6. The van der Waals surface area contributed by atoms with Crippen LogP contribution in [-0.4, -0.2) is 86.4 Å². The second-order valence-electron chi connectivity index (χ2n) is 5.60. The molecule has 0 unspecified atom stereocenters. The lowest BCUT2D eigenvalue weighted by molar-refractivity contribution is -0.139. The van der Waals surface area contributed by atoms with Crippen molar-refractivity contribution in [2.45, 2.75) is 19.3 Å². The zero-order valence-electron chi connectivity index (χ0n) is 15.2. The Bertz CT molecular complexity index is 517. The molecule has 10 nitrogen and oxygen atoms in total. The number of aliphatic carboxylic acids is 1. The van der Waals surface area contributed by atoms with Gasteiger partial charge in [0, 0.05) is 31.7 Å². The molecule has 0 radical (unpaired) electrons. The summed E-state index contributed by atoms with van der Waals surface area (Å²) < 4.78 is 15.6. The Balaban J connectivity index is 1.84. The van der Waals surface area contributed by atoms with Gasteiger partial charge in [-0.25, -0.2) is 0 Å². The van der Waals surface area contributed by atoms with Crippen LogP contribution in [0.5, 0.6) is 0 Å². The topological polar surface area (TPSA) is 131 Å². The van der Waals surface area contributed by atoms with Crippen LogP contribution in [-0.2, 0) is 33.4 Å². The van der Waals surface area contributed by atoms with Crippen molar-refractivity contribution in [1.82, 2.24) is 10.2 Å². The predicted octanol–water partition coefficient (Wildman–Crippen LogP) is -0.668. The fourth-order valence-electron chi connectivity index (χ4n) is 2.10. The molecule has 0 saturated carbocycles. The molecule has 0 bridgehead atoms. The molecule has 1 aliphatic rings. The normalized spacial score (nSPS) is 13.4. The van der Waals surface area contributed by atoms with Crippen LogP contribution in [0.4, 0.5) is 0 Å². The lowest BCUT2D eigenvalue weighted by atomic mass is 10.3. The molecule has 0 aromatic rings. The van der Waals surface area contributed by atoms with E-state index in [-0.39, 0.29) is 43.7 Å². The number of carbonyl (C=O) groups is 4. The minimum atomic E-state index is -0.898. The summed E-state index contributed by atoms with van der Waals surface area (Å²) in [5.74, 6) is -1.75. The van der Waals surface area contributed by atoms with Crippen LogP contribution in [0.25, 0.3) is 0 Å². The molecule has 1 rings (SSSR count). The number of hydrogen-bond donors (Lipinski definition) is 2. The molecule has 0 saturated heterocycles. The summed E-state index contributed by atoms with van der Waals surface area (Å²) in [5.41, 5.74) is 0. The van der Waals surface area contributed by atoms with Gasteiger partial charge in [0.1, 0.15) is 0 Å². The van der Waals surface area contributed by atoms with Crippen LogP contribution in [0.1, 0.15) is 19.3 Å². The number of nitrogens with zero attached hydrogens (tertiary/aromatic N) is 1. The van der Waals surface area contributed by atoms with Crippen LogP contribution in [0, 0.1) is 0 Å². The highest BCUT2D eigenvalue weighted by Crippen LogP contribution is 2.05. The molecule has 0 fully saturated rings. The maximum Gasteiger partial charge on any atom is 0.305 e. The van der Waals surface area contributed by atoms with Crippen molar-refractivity contribution in [3.05, 3.63) is 12.2 Å². The molecule has 3 amide bonds. The molecule has 10 heteroatoms. The zero-order chi connectivity index (χ0) is 19.9. The van der Waals surface area contributed by atoms with E-state index in [4.69, 9.17) is 19.3 Å². The van der Waals surface area contributed by atoms with Gasteiger partial charge in [-0.2, -0.15) is 0 Å². The van der Waals surface area contributed by atoms with Gasteiger partial charge < -0.3 is 24.6 Å². The van der Waals surface area contributed by atoms with Crippen molar-refractivity contribution >= 4 is 23.7 Å². The van der Waals surface area contributed by atoms with Gasteiger partial charge in [0.05, 0.1) is 46.1 Å². The minimum Gasteiger partial charge on any atom is -0.481 e. The van der Waals surface area contributed by atoms with Crippen LogP contribution in [0.3, 0.4) is 0 Å². The van der Waals surface area contributed by atoms with E-state index in [1.54, 1.807) is 0 Å². The Labute approximate surface area is 157 Å². The summed E-state index contributed by atoms with van der Waals surface area (Å²) >= 11 is 0. The second-order valence-corrected chi connectivity index (χ2v) is 5.60. The summed E-state index contributed by atoms with van der Waals surface area (Å²) in [6.07, 6.45) is 3.04. The van der Waals surface area contributed by atoms with Gasteiger partial charge in [0.15, 0.2) is 0 Å². The molecule has 0 aromatic heterocycles. The number of hydrogen-bond acceptors (Lipinski definition) is 7. The smallest absolute Gasteiger partial charge is 0.305 e. The van der Waals surface area contributed by atoms with Gasteiger partial charge in [-0.05, 0) is 6.42 Å². The van der Waals surface area contributed by atoms with E-state index in [0.717, 1.165) is 4.90 Å². The first-order valence-corrected chi connectivity index (χ1v) is 8.76. The molecule has 0 atom stereocenters. The van der Waals surface area contributed by atoms with E-state index in [1.807, 2.05) is 0 Å². The molecule has 152 valence electrons. The van der Waals surface area contributed by atoms with Crippen molar-refractivity contribution in [3.63, 3.8) is 0 Å². The van der Waals surface area contributed by atoms with Crippen molar-refractivity contribution in [2.75, 3.05) is 52.7 Å². The van der Waals surface area contributed by atoms with Crippen molar-refractivity contribution in [3.8, 4) is 0 Å². The van der Waals surface area contributed by atoms with Crippen LogP contribution in [0.2, 0.25) is 0 Å². The fourth-order valence-corrected chi connectivity index (χ4v) is 2.10. The maximum absolute atomic E-state index is 11.6. The molecule has 0 spiro atoms. The number of rotatable bonds is 16. The van der Waals surface area contributed by atoms with Gasteiger partial charge in [-0.15, -0.1) is 0 Å². The molecule has 27 heavy (non-hydrogen) atoms. The van der Waals surface area contributed by atoms with Gasteiger partial charge in [-0.1, -0.05) is 0 Å². The monoisotopic (exact) mass is 386 g/mol. The van der Waals surface area contributed by atoms with Crippen LogP contribution in [0.15, 0.2) is 12.2 Å². The first kappa shape index (κ1) is 22.7. The lowest BCUT2D eigenvalue weighted by Crippen LogP contribution is -2.32. The third kappa shape index (κ3) is 11.1. The predicted molar refractivity (Wildman–Crippen MR) is 92.8 cm³/mol. The summed E-state index contributed by atoms with van der Waals surface area (Å²) in [4.78, 5) is 45.7. The van der Waals surface area contributed by atoms with E-state index in [0.29, 0.717) is 46.0 Å². The van der Waals surface area contributed by atoms with E-state index >= 15 is 0 Å². The summed E-state index contributed by atoms with van der Waals surface area (Å²) in [5, 5.41) is 11.1. The van der Waals surface area contributed by atoms with Gasteiger partial charge in [-0.3, -0.25) is 24.1 Å². The van der Waals surface area contributed by atoms with Crippen molar-refractivity contribution < 1.29 is 38.5 Å². The van der Waals surface area contributed by atoms with E-state index in [2.05, 4.69) is 5.32 Å². The fraction of sp³-hybridized carbons (Fsp3) is 0.647. The van der Waals surface area contributed by atoms with Crippen molar-refractivity contribution in [1.29, 1.82) is 0 Å². The summed E-state index contributed by atoms with van der Waals surface area (Å²) in [6, 6.07) is 0. The highest BCUT2D eigenvalue weighted by atomic mass is 16.5. The van der Waals surface area contributed by atoms with Crippen LogP contribution >= 0.6 is 0 Å². The average molecular weight is 386 g/mol. The number of amides is 3. The van der Waals surface area contributed by atoms with E-state index < -0.39 is 5.97 Å². The number of ether oxygens (including phenoxy) is 3. The third-order valence-electron chi connectivity index (χ3n) is 3.46. The van der Waals surface area contributed by atoms with E-state index in [9.17, 15) is 19.2 Å². The Kier molecular flexibility index (Phi) is 11.7. The number of imide groups is 1. The van der Waals surface area contributed by atoms with Crippen LogP contribution < -0.4 is 5.32 Å². The summed E-state index contributed by atoms with van der Waals surface area (Å²) in [6.45, 7) is 2.53. The second kappa shape index (κ2) is 13.8. The molecule has 0 aliphatic carbocycles. The number of carbonyl (C=O) groups excluding carboxylic acids is 3. The Morgan fingerprint density at radius 2 is 1.44 bits per heavy atom. The third-order valence-corrected chi connectivity index (χ3v) is 3.46. The molecule has 1 aliphatic heterocycles. The molecular formula is C17H26N2O8. The molecule has 0 aromatic carbocycles. The quantitative estimate of drug-likeness (QED) is 0.264. The number of nitrogens with one attached hydrogen (secondary N) is 1. The molecule has 1 heterocycles.